The van der Waals surface area contributed by atoms with Crippen molar-refractivity contribution in [1.29, 1.82) is 0 Å². The fraction of sp³-hybridized carbons (Fsp3) is 0.150. The third kappa shape index (κ3) is 4.14. The molecule has 4 rings (SSSR count). The highest BCUT2D eigenvalue weighted by molar-refractivity contribution is 5.65. The van der Waals surface area contributed by atoms with Crippen molar-refractivity contribution >= 4 is 5.82 Å². The molecular weight excluding hydrogens is 338 g/mol. The maximum Gasteiger partial charge on any atom is 0.180 e. The first kappa shape index (κ1) is 16.8. The monoisotopic (exact) mass is 357 g/mol. The molecule has 0 radical (unpaired) electrons. The Kier molecular flexibility index (Phi) is 4.82. The van der Waals surface area contributed by atoms with Crippen molar-refractivity contribution < 1.29 is 0 Å². The molecule has 0 aromatic carbocycles. The second kappa shape index (κ2) is 7.74. The van der Waals surface area contributed by atoms with E-state index in [0.717, 1.165) is 40.7 Å². The molecule has 134 valence electrons. The molecule has 0 aliphatic heterocycles. The number of aromatic amines is 1. The second-order valence-corrected chi connectivity index (χ2v) is 6.11. The summed E-state index contributed by atoms with van der Waals surface area (Å²) in [7, 11) is 0. The molecular formula is C20H19N7. The number of hydrogen-bond acceptors (Lipinski definition) is 6. The van der Waals surface area contributed by atoms with E-state index in [-0.39, 0.29) is 0 Å². The van der Waals surface area contributed by atoms with Gasteiger partial charge in [-0.1, -0.05) is 6.07 Å². The minimum Gasteiger partial charge on any atom is -0.369 e. The largest absolute Gasteiger partial charge is 0.369 e. The van der Waals surface area contributed by atoms with Gasteiger partial charge in [-0.15, -0.1) is 0 Å². The Balaban J connectivity index is 1.61. The normalized spacial score (nSPS) is 10.7. The molecule has 7 nitrogen and oxygen atoms in total. The van der Waals surface area contributed by atoms with Crippen molar-refractivity contribution in [2.24, 2.45) is 0 Å². The molecule has 27 heavy (non-hydrogen) atoms. The lowest BCUT2D eigenvalue weighted by Gasteiger charge is -2.09. The van der Waals surface area contributed by atoms with Gasteiger partial charge in [-0.25, -0.2) is 15.0 Å². The zero-order valence-electron chi connectivity index (χ0n) is 14.9. The van der Waals surface area contributed by atoms with Crippen molar-refractivity contribution in [3.63, 3.8) is 0 Å². The molecule has 2 N–H and O–H groups in total. The summed E-state index contributed by atoms with van der Waals surface area (Å²) in [6.45, 7) is 2.70. The Morgan fingerprint density at radius 3 is 2.67 bits per heavy atom. The number of rotatable bonds is 6. The second-order valence-electron chi connectivity index (χ2n) is 6.11. The van der Waals surface area contributed by atoms with E-state index in [1.165, 1.54) is 0 Å². The Bertz CT molecular complexity index is 955. The number of pyridine rings is 2. The lowest BCUT2D eigenvalue weighted by molar-refractivity contribution is 0.916. The molecule has 0 spiro atoms. The minimum absolute atomic E-state index is 0.577. The van der Waals surface area contributed by atoms with E-state index in [2.05, 4.69) is 35.2 Å². The quantitative estimate of drug-likeness (QED) is 0.550. The molecule has 0 aliphatic carbocycles. The van der Waals surface area contributed by atoms with Gasteiger partial charge >= 0.3 is 0 Å². The summed E-state index contributed by atoms with van der Waals surface area (Å²) in [5.74, 6) is 2.27. The van der Waals surface area contributed by atoms with Crippen molar-refractivity contribution in [3.05, 3.63) is 72.7 Å². The number of H-pyrrole nitrogens is 1. The fourth-order valence-electron chi connectivity index (χ4n) is 2.71. The van der Waals surface area contributed by atoms with Crippen molar-refractivity contribution in [1.82, 2.24) is 29.9 Å². The highest BCUT2D eigenvalue weighted by Gasteiger charge is 2.10. The van der Waals surface area contributed by atoms with E-state index < -0.39 is 0 Å². The Morgan fingerprint density at radius 2 is 1.93 bits per heavy atom. The lowest BCUT2D eigenvalue weighted by Crippen LogP contribution is -2.09. The molecule has 0 fully saturated rings. The molecule has 0 aliphatic rings. The van der Waals surface area contributed by atoms with Crippen LogP contribution in [0, 0.1) is 6.92 Å². The fourth-order valence-corrected chi connectivity index (χ4v) is 2.71. The zero-order valence-corrected chi connectivity index (χ0v) is 14.9. The van der Waals surface area contributed by atoms with Crippen LogP contribution in [0.4, 0.5) is 5.82 Å². The minimum atomic E-state index is 0.577. The summed E-state index contributed by atoms with van der Waals surface area (Å²) in [6, 6.07) is 11.5. The van der Waals surface area contributed by atoms with Gasteiger partial charge in [0.1, 0.15) is 17.3 Å². The number of hydrogen-bond donors (Lipinski definition) is 2. The van der Waals surface area contributed by atoms with E-state index in [9.17, 15) is 0 Å². The average molecular weight is 357 g/mol. The van der Waals surface area contributed by atoms with Gasteiger partial charge in [0, 0.05) is 55.1 Å². The molecule has 0 bridgehead atoms. The number of nitrogens with one attached hydrogen (secondary N) is 2. The predicted molar refractivity (Wildman–Crippen MR) is 104 cm³/mol. The van der Waals surface area contributed by atoms with E-state index in [4.69, 9.17) is 0 Å². The summed E-state index contributed by atoms with van der Waals surface area (Å²) < 4.78 is 0. The first-order valence-corrected chi connectivity index (χ1v) is 8.73. The van der Waals surface area contributed by atoms with Gasteiger partial charge in [0.05, 0.1) is 5.69 Å². The van der Waals surface area contributed by atoms with E-state index >= 15 is 0 Å². The average Bonchev–Trinajstić information content (AvgIpc) is 3.14. The van der Waals surface area contributed by atoms with Crippen LogP contribution in [-0.4, -0.2) is 36.4 Å². The molecule has 0 amide bonds. The van der Waals surface area contributed by atoms with Crippen molar-refractivity contribution in [2.75, 3.05) is 11.9 Å². The van der Waals surface area contributed by atoms with Gasteiger partial charge in [0.15, 0.2) is 5.82 Å². The molecule has 0 atom stereocenters. The summed E-state index contributed by atoms with van der Waals surface area (Å²) in [5.41, 5.74) is 3.52. The van der Waals surface area contributed by atoms with E-state index in [1.807, 2.05) is 49.5 Å². The SMILES string of the molecule is Cc1cnc(CCNc2cc(-c3cccnc3)nc(-c3ccccn3)n2)[nH]1. The molecule has 4 aromatic heterocycles. The molecule has 7 heteroatoms. The van der Waals surface area contributed by atoms with Crippen molar-refractivity contribution in [2.45, 2.75) is 13.3 Å². The smallest absolute Gasteiger partial charge is 0.180 e. The highest BCUT2D eigenvalue weighted by atomic mass is 15.0. The summed E-state index contributed by atoms with van der Waals surface area (Å²) in [5, 5.41) is 3.36. The highest BCUT2D eigenvalue weighted by Crippen LogP contribution is 2.22. The maximum atomic E-state index is 4.67. The van der Waals surface area contributed by atoms with E-state index in [0.29, 0.717) is 12.4 Å². The predicted octanol–water partition coefficient (Wildman–Crippen LogP) is 3.29. The summed E-state index contributed by atoms with van der Waals surface area (Å²) >= 11 is 0. The zero-order chi connectivity index (χ0) is 18.5. The molecule has 4 aromatic rings. The van der Waals surface area contributed by atoms with Crippen LogP contribution >= 0.6 is 0 Å². The summed E-state index contributed by atoms with van der Waals surface area (Å²) in [4.78, 5) is 25.4. The summed E-state index contributed by atoms with van der Waals surface area (Å²) in [6.07, 6.45) is 7.88. The third-order valence-corrected chi connectivity index (χ3v) is 4.00. The van der Waals surface area contributed by atoms with Gasteiger partial charge in [-0.2, -0.15) is 0 Å². The number of nitrogens with zero attached hydrogens (tertiary/aromatic N) is 5. The van der Waals surface area contributed by atoms with Gasteiger partial charge in [-0.05, 0) is 31.2 Å². The number of anilines is 1. The Hall–Kier alpha value is -3.61. The van der Waals surface area contributed by atoms with Gasteiger partial charge in [-0.3, -0.25) is 9.97 Å². The lowest BCUT2D eigenvalue weighted by atomic mass is 10.2. The number of aryl methyl sites for hydroxylation is 1. The Morgan fingerprint density at radius 1 is 0.963 bits per heavy atom. The standard InChI is InChI=1S/C20H19N7/c1-14-12-24-18(25-14)7-10-23-19-11-17(15-5-4-8-21-13-15)26-20(27-19)16-6-2-3-9-22-16/h2-6,8-9,11-13H,7,10H2,1H3,(H,24,25)(H,23,26,27). The van der Waals surface area contributed by atoms with Gasteiger partial charge in [0.2, 0.25) is 0 Å². The van der Waals surface area contributed by atoms with Crippen LogP contribution in [-0.2, 0) is 6.42 Å². The van der Waals surface area contributed by atoms with Crippen LogP contribution in [0.5, 0.6) is 0 Å². The van der Waals surface area contributed by atoms with Crippen molar-refractivity contribution in [3.8, 4) is 22.8 Å². The van der Waals surface area contributed by atoms with Crippen LogP contribution in [0.25, 0.3) is 22.8 Å². The maximum absolute atomic E-state index is 4.67. The van der Waals surface area contributed by atoms with Crippen LogP contribution < -0.4 is 5.32 Å². The van der Waals surface area contributed by atoms with Crippen LogP contribution in [0.2, 0.25) is 0 Å². The topological polar surface area (TPSA) is 92.3 Å². The molecule has 0 saturated carbocycles. The molecule has 0 saturated heterocycles. The first-order chi connectivity index (χ1) is 13.3. The third-order valence-electron chi connectivity index (χ3n) is 4.00. The van der Waals surface area contributed by atoms with Gasteiger partial charge < -0.3 is 10.3 Å². The van der Waals surface area contributed by atoms with Crippen LogP contribution in [0.15, 0.2) is 61.2 Å². The Labute approximate surface area is 157 Å². The van der Waals surface area contributed by atoms with Crippen LogP contribution in [0.1, 0.15) is 11.5 Å². The van der Waals surface area contributed by atoms with E-state index in [1.54, 1.807) is 18.6 Å². The number of aromatic nitrogens is 6. The first-order valence-electron chi connectivity index (χ1n) is 8.73. The van der Waals surface area contributed by atoms with Crippen LogP contribution in [0.3, 0.4) is 0 Å². The molecule has 0 unspecified atom stereocenters. The van der Waals surface area contributed by atoms with Gasteiger partial charge in [0.25, 0.3) is 0 Å². The molecule has 4 heterocycles. The number of imidazole rings is 1.